The van der Waals surface area contributed by atoms with Gasteiger partial charge in [-0.05, 0) is 45.2 Å². The summed E-state index contributed by atoms with van der Waals surface area (Å²) >= 11 is 1.24. The van der Waals surface area contributed by atoms with Gasteiger partial charge in [0.05, 0.1) is 11.4 Å². The number of aromatic amines is 1. The van der Waals surface area contributed by atoms with Gasteiger partial charge in [-0.2, -0.15) is 0 Å². The van der Waals surface area contributed by atoms with Crippen LogP contribution in [0.25, 0.3) is 0 Å². The second kappa shape index (κ2) is 7.66. The zero-order valence-corrected chi connectivity index (χ0v) is 15.6. The van der Waals surface area contributed by atoms with Crippen LogP contribution in [-0.4, -0.2) is 21.6 Å². The predicted octanol–water partition coefficient (Wildman–Crippen LogP) is 3.30. The van der Waals surface area contributed by atoms with Gasteiger partial charge in [-0.1, -0.05) is 36.4 Å². The Morgan fingerprint density at radius 3 is 2.42 bits per heavy atom. The lowest BCUT2D eigenvalue weighted by molar-refractivity contribution is -0.113. The van der Waals surface area contributed by atoms with E-state index in [0.717, 1.165) is 22.5 Å². The van der Waals surface area contributed by atoms with Crippen LogP contribution < -0.4 is 10.9 Å². The summed E-state index contributed by atoms with van der Waals surface area (Å²) in [7, 11) is 0. The molecule has 0 aliphatic carbocycles. The maximum atomic E-state index is 12.2. The second-order valence-corrected chi connectivity index (χ2v) is 6.87. The quantitative estimate of drug-likeness (QED) is 0.644. The number of aryl methyl sites for hydroxylation is 4. The Morgan fingerprint density at radius 1 is 1.21 bits per heavy atom. The van der Waals surface area contributed by atoms with E-state index in [4.69, 9.17) is 0 Å². The first-order valence-electron chi connectivity index (χ1n) is 7.92. The Morgan fingerprint density at radius 2 is 1.83 bits per heavy atom. The summed E-state index contributed by atoms with van der Waals surface area (Å²) < 4.78 is 0. The summed E-state index contributed by atoms with van der Waals surface area (Å²) in [5, 5.41) is 3.43. The van der Waals surface area contributed by atoms with Crippen molar-refractivity contribution in [1.82, 2.24) is 9.97 Å². The van der Waals surface area contributed by atoms with Gasteiger partial charge >= 0.3 is 0 Å². The molecular weight excluding hydrogens is 322 g/mol. The number of nitrogens with zero attached hydrogens (tertiary/aromatic N) is 1. The number of anilines is 1. The molecule has 0 radical (unpaired) electrons. The average Bonchev–Trinajstić information content (AvgIpc) is 2.51. The molecule has 2 rings (SSSR count). The summed E-state index contributed by atoms with van der Waals surface area (Å²) in [5.74, 6) is 0.0818. The molecular formula is C18H23N3O2S. The van der Waals surface area contributed by atoms with Crippen LogP contribution in [0.1, 0.15) is 34.9 Å². The molecule has 0 aliphatic heterocycles. The monoisotopic (exact) mass is 345 g/mol. The molecule has 24 heavy (non-hydrogen) atoms. The van der Waals surface area contributed by atoms with E-state index in [9.17, 15) is 9.59 Å². The molecule has 0 saturated heterocycles. The molecule has 0 atom stereocenters. The normalized spacial score (nSPS) is 10.7. The lowest BCUT2D eigenvalue weighted by atomic mass is 10.1. The second-order valence-electron chi connectivity index (χ2n) is 5.91. The number of benzene rings is 1. The number of amides is 1. The van der Waals surface area contributed by atoms with E-state index in [2.05, 4.69) is 15.3 Å². The Kier molecular flexibility index (Phi) is 5.83. The van der Waals surface area contributed by atoms with Crippen LogP contribution in [-0.2, 0) is 11.2 Å². The topological polar surface area (TPSA) is 74.8 Å². The smallest absolute Gasteiger partial charge is 0.254 e. The number of hydrogen-bond acceptors (Lipinski definition) is 4. The number of thioether (sulfide) groups is 1. The molecule has 2 N–H and O–H groups in total. The highest BCUT2D eigenvalue weighted by molar-refractivity contribution is 7.99. The van der Waals surface area contributed by atoms with Gasteiger partial charge in [0.2, 0.25) is 5.91 Å². The van der Waals surface area contributed by atoms with Crippen molar-refractivity contribution >= 4 is 23.4 Å². The fourth-order valence-electron chi connectivity index (χ4n) is 2.66. The molecule has 0 bridgehead atoms. The Bertz CT molecular complexity index is 804. The first-order chi connectivity index (χ1) is 11.3. The van der Waals surface area contributed by atoms with Gasteiger partial charge in [0.1, 0.15) is 0 Å². The fraction of sp³-hybridized carbons (Fsp3) is 0.389. The van der Waals surface area contributed by atoms with E-state index in [0.29, 0.717) is 17.1 Å². The number of nitrogens with one attached hydrogen (secondary N) is 2. The highest BCUT2D eigenvalue weighted by atomic mass is 32.2. The largest absolute Gasteiger partial charge is 0.325 e. The minimum Gasteiger partial charge on any atom is -0.325 e. The minimum atomic E-state index is -0.144. The van der Waals surface area contributed by atoms with Crippen molar-refractivity contribution in [3.63, 3.8) is 0 Å². The average molecular weight is 345 g/mol. The van der Waals surface area contributed by atoms with Crippen LogP contribution in [0.2, 0.25) is 0 Å². The first-order valence-corrected chi connectivity index (χ1v) is 8.90. The molecule has 0 unspecified atom stereocenters. The van der Waals surface area contributed by atoms with Crippen molar-refractivity contribution in [2.75, 3.05) is 11.1 Å². The highest BCUT2D eigenvalue weighted by Crippen LogP contribution is 2.22. The minimum absolute atomic E-state index is 0.115. The number of aromatic nitrogens is 2. The molecule has 2 aromatic rings. The lowest BCUT2D eigenvalue weighted by Crippen LogP contribution is -2.18. The van der Waals surface area contributed by atoms with E-state index >= 15 is 0 Å². The Hall–Kier alpha value is -2.08. The Balaban J connectivity index is 2.07. The summed E-state index contributed by atoms with van der Waals surface area (Å²) in [6.45, 7) is 9.71. The molecule has 6 heteroatoms. The number of carbonyl (C=O) groups excluding carboxylic acids is 1. The number of hydrogen-bond donors (Lipinski definition) is 2. The van der Waals surface area contributed by atoms with Crippen LogP contribution in [0.15, 0.2) is 22.1 Å². The van der Waals surface area contributed by atoms with Crippen molar-refractivity contribution in [1.29, 1.82) is 0 Å². The number of H-pyrrole nitrogens is 1. The fourth-order valence-corrected chi connectivity index (χ4v) is 3.34. The van der Waals surface area contributed by atoms with Crippen molar-refractivity contribution in [2.24, 2.45) is 0 Å². The SMILES string of the molecule is CCc1nc(SCC(=O)Nc2c(C)cc(C)cc2C)[nH]c(=O)c1C. The van der Waals surface area contributed by atoms with Gasteiger partial charge in [-0.25, -0.2) is 4.98 Å². The van der Waals surface area contributed by atoms with Crippen molar-refractivity contribution in [3.05, 3.63) is 50.4 Å². The van der Waals surface area contributed by atoms with E-state index in [1.54, 1.807) is 6.92 Å². The molecule has 5 nitrogen and oxygen atoms in total. The van der Waals surface area contributed by atoms with E-state index in [-0.39, 0.29) is 17.2 Å². The molecule has 0 aliphatic rings. The summed E-state index contributed by atoms with van der Waals surface area (Å²) in [4.78, 5) is 31.2. The molecule has 0 spiro atoms. The number of carbonyl (C=O) groups is 1. The zero-order valence-electron chi connectivity index (χ0n) is 14.7. The summed E-state index contributed by atoms with van der Waals surface area (Å²) in [5.41, 5.74) is 5.37. The molecule has 1 amide bonds. The van der Waals surface area contributed by atoms with Crippen LogP contribution in [0.4, 0.5) is 5.69 Å². The molecule has 0 saturated carbocycles. The van der Waals surface area contributed by atoms with Crippen LogP contribution in [0.3, 0.4) is 0 Å². The first kappa shape index (κ1) is 18.3. The van der Waals surface area contributed by atoms with E-state index < -0.39 is 0 Å². The van der Waals surface area contributed by atoms with Gasteiger partial charge in [0.15, 0.2) is 5.16 Å². The highest BCUT2D eigenvalue weighted by Gasteiger charge is 2.11. The molecule has 1 heterocycles. The maximum absolute atomic E-state index is 12.2. The third-order valence-corrected chi connectivity index (χ3v) is 4.72. The molecule has 0 fully saturated rings. The van der Waals surface area contributed by atoms with Gasteiger partial charge in [-0.3, -0.25) is 9.59 Å². The molecule has 128 valence electrons. The lowest BCUT2D eigenvalue weighted by Gasteiger charge is -2.12. The third-order valence-electron chi connectivity index (χ3n) is 3.85. The summed E-state index contributed by atoms with van der Waals surface area (Å²) in [6.07, 6.45) is 0.692. The van der Waals surface area contributed by atoms with Gasteiger partial charge in [0, 0.05) is 11.3 Å². The number of rotatable bonds is 5. The van der Waals surface area contributed by atoms with Crippen molar-refractivity contribution < 1.29 is 4.79 Å². The predicted molar refractivity (Wildman–Crippen MR) is 99.0 cm³/mol. The van der Waals surface area contributed by atoms with Crippen LogP contribution >= 0.6 is 11.8 Å². The van der Waals surface area contributed by atoms with Gasteiger partial charge in [0.25, 0.3) is 5.56 Å². The molecule has 1 aromatic heterocycles. The van der Waals surface area contributed by atoms with Gasteiger partial charge < -0.3 is 10.3 Å². The third kappa shape index (κ3) is 4.26. The zero-order chi connectivity index (χ0) is 17.9. The summed E-state index contributed by atoms with van der Waals surface area (Å²) in [6, 6.07) is 4.09. The van der Waals surface area contributed by atoms with Crippen LogP contribution in [0, 0.1) is 27.7 Å². The van der Waals surface area contributed by atoms with Gasteiger partial charge in [-0.15, -0.1) is 0 Å². The van der Waals surface area contributed by atoms with Crippen LogP contribution in [0.5, 0.6) is 0 Å². The van der Waals surface area contributed by atoms with E-state index in [1.165, 1.54) is 17.3 Å². The van der Waals surface area contributed by atoms with E-state index in [1.807, 2.05) is 39.8 Å². The maximum Gasteiger partial charge on any atom is 0.254 e. The standard InChI is InChI=1S/C18H23N3O2S/c1-6-14-13(5)17(23)21-18(19-14)24-9-15(22)20-16-11(3)7-10(2)8-12(16)4/h7-8H,6,9H2,1-5H3,(H,20,22)(H,19,21,23). The Labute approximate surface area is 146 Å². The molecule has 1 aromatic carbocycles. The van der Waals surface area contributed by atoms with Crippen molar-refractivity contribution in [3.8, 4) is 0 Å². The van der Waals surface area contributed by atoms with Crippen molar-refractivity contribution in [2.45, 2.75) is 46.2 Å².